The van der Waals surface area contributed by atoms with Gasteiger partial charge in [-0.25, -0.2) is 12.8 Å². The highest BCUT2D eigenvalue weighted by molar-refractivity contribution is 7.91. The van der Waals surface area contributed by atoms with Crippen LogP contribution in [0.4, 0.5) is 36.4 Å². The van der Waals surface area contributed by atoms with Crippen molar-refractivity contribution in [1.29, 1.82) is 0 Å². The average Bonchev–Trinajstić information content (AvgIpc) is 2.60. The highest BCUT2D eigenvalue weighted by atomic mass is 32.2. The fourth-order valence-corrected chi connectivity index (χ4v) is 3.49. The molecule has 0 aliphatic heterocycles. The topological polar surface area (TPSA) is 58.2 Å². The van der Waals surface area contributed by atoms with Crippen LogP contribution < -0.4 is 10.6 Å². The normalized spacial score (nSPS) is 12.8. The van der Waals surface area contributed by atoms with Crippen LogP contribution in [0.3, 0.4) is 0 Å². The maximum atomic E-state index is 12.9. The van der Waals surface area contributed by atoms with Crippen molar-refractivity contribution in [2.24, 2.45) is 0 Å². The summed E-state index contributed by atoms with van der Waals surface area (Å²) < 4.78 is 114. The number of hydrogen-bond acceptors (Lipinski definition) is 4. The van der Waals surface area contributed by atoms with E-state index in [0.29, 0.717) is 12.1 Å². The number of benzene rings is 2. The second kappa shape index (κ2) is 8.57. The van der Waals surface area contributed by atoms with Crippen molar-refractivity contribution in [3.05, 3.63) is 59.4 Å². The number of alkyl halides is 6. The van der Waals surface area contributed by atoms with Crippen LogP contribution in [-0.2, 0) is 22.2 Å². The zero-order chi connectivity index (χ0) is 21.9. The summed E-state index contributed by atoms with van der Waals surface area (Å²) in [5.41, 5.74) is -3.81. The molecule has 0 aromatic heterocycles. The van der Waals surface area contributed by atoms with Gasteiger partial charge >= 0.3 is 12.4 Å². The van der Waals surface area contributed by atoms with Crippen LogP contribution in [0, 0.1) is 5.82 Å². The third-order valence-electron chi connectivity index (χ3n) is 3.73. The Morgan fingerprint density at radius 1 is 0.793 bits per heavy atom. The summed E-state index contributed by atoms with van der Waals surface area (Å²) in [5.74, 6) is -1.11. The second-order valence-corrected chi connectivity index (χ2v) is 7.89. The molecule has 0 aliphatic rings. The largest absolute Gasteiger partial charge is 0.417 e. The Balaban J connectivity index is 1.95. The Bertz CT molecular complexity index is 940. The molecule has 0 bridgehead atoms. The van der Waals surface area contributed by atoms with Gasteiger partial charge < -0.3 is 10.6 Å². The van der Waals surface area contributed by atoms with E-state index in [0.717, 1.165) is 30.3 Å². The van der Waals surface area contributed by atoms with Gasteiger partial charge in [-0.3, -0.25) is 0 Å². The lowest BCUT2D eigenvalue weighted by Crippen LogP contribution is -2.28. The number of halogens is 7. The first-order chi connectivity index (χ1) is 13.3. The number of nitrogens with one attached hydrogen (secondary N) is 2. The van der Waals surface area contributed by atoms with Crippen molar-refractivity contribution in [2.75, 3.05) is 24.3 Å². The van der Waals surface area contributed by atoms with Crippen molar-refractivity contribution in [3.8, 4) is 0 Å². The minimum absolute atomic E-state index is 0.0111. The molecule has 0 fully saturated rings. The second-order valence-electron chi connectivity index (χ2n) is 5.90. The first kappa shape index (κ1) is 22.9. The molecule has 4 nitrogen and oxygen atoms in total. The number of rotatable bonds is 7. The fourth-order valence-electron chi connectivity index (χ4n) is 2.36. The van der Waals surface area contributed by atoms with E-state index in [9.17, 15) is 39.2 Å². The molecule has 2 N–H and O–H groups in total. The average molecular weight is 444 g/mol. The lowest BCUT2D eigenvalue weighted by atomic mass is 10.1. The molecule has 0 atom stereocenters. The van der Waals surface area contributed by atoms with Gasteiger partial charge in [0.05, 0.1) is 16.0 Å². The first-order valence-corrected chi connectivity index (χ1v) is 9.67. The molecule has 0 spiro atoms. The highest BCUT2D eigenvalue weighted by Crippen LogP contribution is 2.41. The maximum absolute atomic E-state index is 12.9. The predicted molar refractivity (Wildman–Crippen MR) is 91.4 cm³/mol. The van der Waals surface area contributed by atoms with Gasteiger partial charge in [0.15, 0.2) is 9.84 Å². The Morgan fingerprint density at radius 2 is 1.38 bits per heavy atom. The van der Waals surface area contributed by atoms with E-state index in [1.807, 2.05) is 0 Å². The molecule has 2 aromatic carbocycles. The molecule has 0 radical (unpaired) electrons. The zero-order valence-corrected chi connectivity index (χ0v) is 15.3. The van der Waals surface area contributed by atoms with Gasteiger partial charge in [-0.05, 0) is 42.5 Å². The van der Waals surface area contributed by atoms with Crippen LogP contribution in [-0.4, -0.2) is 27.4 Å². The van der Waals surface area contributed by atoms with E-state index in [-0.39, 0.29) is 23.7 Å². The van der Waals surface area contributed by atoms with Crippen LogP contribution in [0.2, 0.25) is 0 Å². The van der Waals surface area contributed by atoms with Gasteiger partial charge in [0.25, 0.3) is 0 Å². The molecule has 12 heteroatoms. The summed E-state index contributed by atoms with van der Waals surface area (Å²) in [4.78, 5) is -0.114. The third kappa shape index (κ3) is 6.32. The van der Waals surface area contributed by atoms with Gasteiger partial charge in [0, 0.05) is 18.8 Å². The summed E-state index contributed by atoms with van der Waals surface area (Å²) >= 11 is 0. The lowest BCUT2D eigenvalue weighted by Gasteiger charge is -2.17. The van der Waals surface area contributed by atoms with Crippen molar-refractivity contribution >= 4 is 15.5 Å². The fraction of sp³-hybridized carbons (Fsp3) is 0.294. The number of sulfone groups is 1. The third-order valence-corrected chi connectivity index (χ3v) is 5.30. The minimum Gasteiger partial charge on any atom is -0.384 e. The molecule has 160 valence electrons. The Labute approximate surface area is 161 Å². The molecular weight excluding hydrogens is 429 g/mol. The molecule has 29 heavy (non-hydrogen) atoms. The van der Waals surface area contributed by atoms with Gasteiger partial charge in [0.1, 0.15) is 11.7 Å². The standard InChI is InChI=1S/C17H15F7N2O2S/c18-11-1-4-13(5-2-11)29(27,28)10-25-7-8-26-12-3-6-14(16(19,20)21)15(9-12)17(22,23)24/h1-6,9,25-26H,7-8,10H2. The molecule has 0 aliphatic carbocycles. The molecular formula is C17H15F7N2O2S. The van der Waals surface area contributed by atoms with Crippen molar-refractivity contribution in [3.63, 3.8) is 0 Å². The zero-order valence-electron chi connectivity index (χ0n) is 14.5. The molecule has 0 unspecified atom stereocenters. The highest BCUT2D eigenvalue weighted by Gasteiger charge is 2.43. The van der Waals surface area contributed by atoms with Crippen molar-refractivity contribution < 1.29 is 39.2 Å². The number of hydrogen-bond donors (Lipinski definition) is 2. The summed E-state index contributed by atoms with van der Waals surface area (Å²) in [6.07, 6.45) is -10.3. The van der Waals surface area contributed by atoms with Gasteiger partial charge in [0.2, 0.25) is 0 Å². The Kier molecular flexibility index (Phi) is 6.78. The summed E-state index contributed by atoms with van der Waals surface area (Å²) in [5, 5.41) is 5.04. The summed E-state index contributed by atoms with van der Waals surface area (Å²) in [7, 11) is -3.75. The van der Waals surface area contributed by atoms with Crippen LogP contribution in [0.25, 0.3) is 0 Å². The molecule has 0 saturated carbocycles. The van der Waals surface area contributed by atoms with Crippen LogP contribution in [0.1, 0.15) is 11.1 Å². The van der Waals surface area contributed by atoms with Gasteiger partial charge in [-0.15, -0.1) is 0 Å². The molecule has 2 rings (SSSR count). The predicted octanol–water partition coefficient (Wildman–Crippen LogP) is 4.30. The van der Waals surface area contributed by atoms with E-state index in [1.165, 1.54) is 0 Å². The van der Waals surface area contributed by atoms with E-state index in [2.05, 4.69) is 10.6 Å². The SMILES string of the molecule is O=S(=O)(CNCCNc1ccc(C(F)(F)F)c(C(F)(F)F)c1)c1ccc(F)cc1. The smallest absolute Gasteiger partial charge is 0.384 e. The minimum atomic E-state index is -5.19. The summed E-state index contributed by atoms with van der Waals surface area (Å²) in [6.45, 7) is -0.0651. The molecule has 0 saturated heterocycles. The summed E-state index contributed by atoms with van der Waals surface area (Å²) in [6, 6.07) is 5.68. The van der Waals surface area contributed by atoms with Crippen molar-refractivity contribution in [2.45, 2.75) is 17.2 Å². The van der Waals surface area contributed by atoms with Crippen LogP contribution in [0.15, 0.2) is 47.4 Å². The Hall–Kier alpha value is -2.34. The number of anilines is 1. The van der Waals surface area contributed by atoms with E-state index in [1.54, 1.807) is 0 Å². The quantitative estimate of drug-likeness (QED) is 0.380. The Morgan fingerprint density at radius 3 is 1.93 bits per heavy atom. The van der Waals surface area contributed by atoms with E-state index >= 15 is 0 Å². The van der Waals surface area contributed by atoms with Gasteiger partial charge in [-0.1, -0.05) is 0 Å². The van der Waals surface area contributed by atoms with Gasteiger partial charge in [-0.2, -0.15) is 26.3 Å². The maximum Gasteiger partial charge on any atom is 0.417 e. The lowest BCUT2D eigenvalue weighted by molar-refractivity contribution is -0.162. The van der Waals surface area contributed by atoms with E-state index < -0.39 is 45.0 Å². The molecule has 0 heterocycles. The van der Waals surface area contributed by atoms with Crippen LogP contribution >= 0.6 is 0 Å². The first-order valence-electron chi connectivity index (χ1n) is 8.02. The molecule has 2 aromatic rings. The van der Waals surface area contributed by atoms with Crippen molar-refractivity contribution in [1.82, 2.24) is 5.32 Å². The van der Waals surface area contributed by atoms with E-state index in [4.69, 9.17) is 0 Å². The van der Waals surface area contributed by atoms with Crippen LogP contribution in [0.5, 0.6) is 0 Å². The molecule has 0 amide bonds. The monoisotopic (exact) mass is 444 g/mol.